The van der Waals surface area contributed by atoms with Crippen molar-refractivity contribution in [1.29, 1.82) is 0 Å². The molecule has 2 aromatic heterocycles. The second-order valence-electron chi connectivity index (χ2n) is 9.71. The molecule has 0 fully saturated rings. The fourth-order valence-corrected chi connectivity index (χ4v) is 4.11. The van der Waals surface area contributed by atoms with Crippen molar-refractivity contribution < 1.29 is 28.0 Å². The van der Waals surface area contributed by atoms with Crippen LogP contribution in [0.25, 0.3) is 12.2 Å². The molecule has 0 atom stereocenters. The van der Waals surface area contributed by atoms with Gasteiger partial charge in [0.05, 0.1) is 12.5 Å². The Balaban J connectivity index is 1.19. The molecule has 2 heterocycles. The van der Waals surface area contributed by atoms with Gasteiger partial charge < -0.3 is 30.1 Å². The highest BCUT2D eigenvalue weighted by molar-refractivity contribution is 6.06. The highest BCUT2D eigenvalue weighted by Gasteiger charge is 2.16. The Hall–Kier alpha value is -5.64. The molecule has 0 aliphatic carbocycles. The lowest BCUT2D eigenvalue weighted by Crippen LogP contribution is -2.35. The predicted molar refractivity (Wildman–Crippen MR) is 166 cm³/mol. The van der Waals surface area contributed by atoms with Gasteiger partial charge in [-0.2, -0.15) is 0 Å². The van der Waals surface area contributed by atoms with Crippen molar-refractivity contribution in [1.82, 2.24) is 21.3 Å². The zero-order valence-corrected chi connectivity index (χ0v) is 24.1. The highest BCUT2D eigenvalue weighted by atomic mass is 16.3. The van der Waals surface area contributed by atoms with Gasteiger partial charge in [0.15, 0.2) is 0 Å². The summed E-state index contributed by atoms with van der Waals surface area (Å²) in [5.41, 5.74) is 1.02. The molecule has 10 nitrogen and oxygen atoms in total. The minimum atomic E-state index is -0.425. The Morgan fingerprint density at radius 1 is 0.523 bits per heavy atom. The number of benzene rings is 2. The quantitative estimate of drug-likeness (QED) is 0.114. The maximum absolute atomic E-state index is 12.9. The molecule has 4 aromatic rings. The summed E-state index contributed by atoms with van der Waals surface area (Å²) in [4.78, 5) is 51.0. The minimum Gasteiger partial charge on any atom is -0.465 e. The first-order valence-electron chi connectivity index (χ1n) is 14.3. The molecule has 0 saturated heterocycles. The summed E-state index contributed by atoms with van der Waals surface area (Å²) < 4.78 is 10.6. The average molecular weight is 595 g/mol. The Morgan fingerprint density at radius 2 is 0.932 bits per heavy atom. The van der Waals surface area contributed by atoms with E-state index in [2.05, 4.69) is 21.3 Å². The van der Waals surface area contributed by atoms with E-state index in [0.29, 0.717) is 48.6 Å². The minimum absolute atomic E-state index is 0.0780. The van der Waals surface area contributed by atoms with Crippen LogP contribution in [0.4, 0.5) is 0 Å². The number of carbonyl (C=O) groups excluding carboxylic acids is 4. The fourth-order valence-electron chi connectivity index (χ4n) is 4.11. The molecule has 10 heteroatoms. The van der Waals surface area contributed by atoms with E-state index in [4.69, 9.17) is 8.83 Å². The fraction of sp³-hybridized carbons (Fsp3) is 0.176. The second-order valence-corrected chi connectivity index (χ2v) is 9.71. The summed E-state index contributed by atoms with van der Waals surface area (Å²) in [6.07, 6.45) is 8.96. The topological polar surface area (TPSA) is 143 Å². The van der Waals surface area contributed by atoms with E-state index >= 15 is 0 Å². The van der Waals surface area contributed by atoms with Crippen LogP contribution in [-0.4, -0.2) is 36.7 Å². The SMILES string of the molecule is O=C(NCCCCCCNC(=O)/C(=C/c1ccco1)NC(=O)c1ccccc1)/C(=C/c1ccco1)NC(=O)c1ccccc1. The van der Waals surface area contributed by atoms with E-state index in [-0.39, 0.29) is 11.4 Å². The molecule has 0 aliphatic heterocycles. The molecule has 2 aromatic carbocycles. The summed E-state index contributed by atoms with van der Waals surface area (Å²) >= 11 is 0. The van der Waals surface area contributed by atoms with E-state index in [0.717, 1.165) is 12.8 Å². The van der Waals surface area contributed by atoms with Crippen molar-refractivity contribution >= 4 is 35.8 Å². The smallest absolute Gasteiger partial charge is 0.267 e. The zero-order chi connectivity index (χ0) is 31.0. The number of hydrogen-bond acceptors (Lipinski definition) is 6. The van der Waals surface area contributed by atoms with Crippen LogP contribution in [0.15, 0.2) is 118 Å². The highest BCUT2D eigenvalue weighted by Crippen LogP contribution is 2.10. The Bertz CT molecular complexity index is 1440. The largest absolute Gasteiger partial charge is 0.465 e. The number of rotatable bonds is 15. The van der Waals surface area contributed by atoms with Crippen molar-refractivity contribution in [3.8, 4) is 0 Å². The first-order chi connectivity index (χ1) is 21.5. The number of unbranched alkanes of at least 4 members (excludes halogenated alkanes) is 3. The standard InChI is InChI=1S/C34H34N4O6/c39-31(25-13-5-3-6-14-25)37-29(23-27-17-11-21-43-27)33(41)35-19-9-1-2-10-20-36-34(42)30(24-28-18-12-22-44-28)38-32(40)26-15-7-4-8-16-26/h3-8,11-18,21-24H,1-2,9-10,19-20H2,(H,35,41)(H,36,42)(H,37,39)(H,38,40)/b29-23-,30-24-. The molecular weight excluding hydrogens is 560 g/mol. The van der Waals surface area contributed by atoms with E-state index in [1.807, 2.05) is 0 Å². The number of furan rings is 2. The Kier molecular flexibility index (Phi) is 11.9. The van der Waals surface area contributed by atoms with E-state index in [1.54, 1.807) is 84.9 Å². The second kappa shape index (κ2) is 16.7. The summed E-state index contributed by atoms with van der Waals surface area (Å²) in [5, 5.41) is 11.0. The molecule has 4 amide bonds. The van der Waals surface area contributed by atoms with Crippen LogP contribution in [0.3, 0.4) is 0 Å². The van der Waals surface area contributed by atoms with Gasteiger partial charge >= 0.3 is 0 Å². The van der Waals surface area contributed by atoms with Crippen molar-refractivity contribution in [2.24, 2.45) is 0 Å². The van der Waals surface area contributed by atoms with Gasteiger partial charge in [-0.25, -0.2) is 0 Å². The number of nitrogens with one attached hydrogen (secondary N) is 4. The van der Waals surface area contributed by atoms with Gasteiger partial charge in [0, 0.05) is 36.4 Å². The van der Waals surface area contributed by atoms with Crippen LogP contribution in [0.5, 0.6) is 0 Å². The van der Waals surface area contributed by atoms with Gasteiger partial charge in [-0.05, 0) is 61.4 Å². The molecule has 4 N–H and O–H groups in total. The molecule has 0 spiro atoms. The van der Waals surface area contributed by atoms with Crippen LogP contribution < -0.4 is 21.3 Å². The predicted octanol–water partition coefficient (Wildman–Crippen LogP) is 4.91. The summed E-state index contributed by atoms with van der Waals surface area (Å²) in [7, 11) is 0. The summed E-state index contributed by atoms with van der Waals surface area (Å²) in [6.45, 7) is 0.812. The third-order valence-corrected chi connectivity index (χ3v) is 6.39. The van der Waals surface area contributed by atoms with E-state index in [1.165, 1.54) is 24.7 Å². The van der Waals surface area contributed by atoms with Gasteiger partial charge in [0.25, 0.3) is 23.6 Å². The average Bonchev–Trinajstić information content (AvgIpc) is 3.77. The summed E-state index contributed by atoms with van der Waals surface area (Å²) in [5.74, 6) is -0.776. The Morgan fingerprint density at radius 3 is 1.30 bits per heavy atom. The zero-order valence-electron chi connectivity index (χ0n) is 24.1. The first-order valence-corrected chi connectivity index (χ1v) is 14.3. The molecule has 0 unspecified atom stereocenters. The van der Waals surface area contributed by atoms with Gasteiger partial charge in [-0.3, -0.25) is 19.2 Å². The lowest BCUT2D eigenvalue weighted by atomic mass is 10.2. The Labute approximate surface area is 255 Å². The third-order valence-electron chi connectivity index (χ3n) is 6.39. The van der Waals surface area contributed by atoms with Crippen molar-refractivity contribution in [2.75, 3.05) is 13.1 Å². The van der Waals surface area contributed by atoms with Crippen LogP contribution in [0.1, 0.15) is 57.9 Å². The van der Waals surface area contributed by atoms with Crippen LogP contribution in [-0.2, 0) is 9.59 Å². The van der Waals surface area contributed by atoms with Gasteiger partial charge in [0.2, 0.25) is 0 Å². The monoisotopic (exact) mass is 594 g/mol. The van der Waals surface area contributed by atoms with Crippen LogP contribution >= 0.6 is 0 Å². The van der Waals surface area contributed by atoms with E-state index in [9.17, 15) is 19.2 Å². The first kappa shape index (κ1) is 31.3. The maximum Gasteiger partial charge on any atom is 0.267 e. The van der Waals surface area contributed by atoms with Gasteiger partial charge in [-0.15, -0.1) is 0 Å². The maximum atomic E-state index is 12.9. The van der Waals surface area contributed by atoms with E-state index < -0.39 is 23.6 Å². The molecule has 0 saturated carbocycles. The van der Waals surface area contributed by atoms with Crippen molar-refractivity contribution in [2.45, 2.75) is 25.7 Å². The molecule has 4 rings (SSSR count). The van der Waals surface area contributed by atoms with Crippen molar-refractivity contribution in [3.05, 3.63) is 131 Å². The lowest BCUT2D eigenvalue weighted by molar-refractivity contribution is -0.118. The normalized spacial score (nSPS) is 11.5. The number of hydrogen-bond donors (Lipinski definition) is 4. The molecule has 226 valence electrons. The van der Waals surface area contributed by atoms with Crippen LogP contribution in [0.2, 0.25) is 0 Å². The van der Waals surface area contributed by atoms with Gasteiger partial charge in [0.1, 0.15) is 22.9 Å². The van der Waals surface area contributed by atoms with Gasteiger partial charge in [-0.1, -0.05) is 49.2 Å². The number of amides is 4. The number of carbonyl (C=O) groups is 4. The summed E-state index contributed by atoms with van der Waals surface area (Å²) in [6, 6.07) is 24.0. The lowest BCUT2D eigenvalue weighted by Gasteiger charge is -2.11. The van der Waals surface area contributed by atoms with Crippen LogP contribution in [0, 0.1) is 0 Å². The molecule has 0 bridgehead atoms. The van der Waals surface area contributed by atoms with Crippen molar-refractivity contribution in [3.63, 3.8) is 0 Å². The molecular formula is C34H34N4O6. The third kappa shape index (κ3) is 10.0. The molecule has 0 radical (unpaired) electrons. The molecule has 44 heavy (non-hydrogen) atoms. The molecule has 0 aliphatic rings.